The number of methoxy groups -OCH3 is 1. The van der Waals surface area contributed by atoms with Gasteiger partial charge in [0.05, 0.1) is 12.1 Å². The summed E-state index contributed by atoms with van der Waals surface area (Å²) in [5.74, 6) is 0.745. The first-order valence-corrected chi connectivity index (χ1v) is 6.00. The molecule has 0 aliphatic heterocycles. The molecule has 16 heavy (non-hydrogen) atoms. The summed E-state index contributed by atoms with van der Waals surface area (Å²) in [4.78, 5) is 0. The molecular formula is C13H18ClNO. The minimum absolute atomic E-state index is 0.0791. The number of nitrogens with two attached hydrogens (primary N) is 1. The van der Waals surface area contributed by atoms with E-state index in [9.17, 15) is 0 Å². The number of hydrogen-bond acceptors (Lipinski definition) is 2. The van der Waals surface area contributed by atoms with Crippen molar-refractivity contribution in [1.29, 1.82) is 0 Å². The van der Waals surface area contributed by atoms with E-state index >= 15 is 0 Å². The van der Waals surface area contributed by atoms with E-state index in [0.29, 0.717) is 0 Å². The molecule has 0 saturated heterocycles. The zero-order valence-corrected chi connectivity index (χ0v) is 10.8. The van der Waals surface area contributed by atoms with Crippen LogP contribution in [0.5, 0.6) is 5.75 Å². The molecule has 1 aliphatic carbocycles. The van der Waals surface area contributed by atoms with Crippen molar-refractivity contribution >= 4 is 11.6 Å². The number of aryl methyl sites for hydroxylation is 1. The summed E-state index contributed by atoms with van der Waals surface area (Å²) in [6, 6.07) is 4.11. The lowest BCUT2D eigenvalue weighted by Crippen LogP contribution is -2.32. The molecule has 0 radical (unpaired) electrons. The van der Waals surface area contributed by atoms with Crippen LogP contribution in [0.3, 0.4) is 0 Å². The van der Waals surface area contributed by atoms with Crippen molar-refractivity contribution in [3.63, 3.8) is 0 Å². The molecule has 1 aromatic carbocycles. The van der Waals surface area contributed by atoms with E-state index in [0.717, 1.165) is 23.6 Å². The molecule has 1 aromatic rings. The molecule has 1 atom stereocenters. The second kappa shape index (κ2) is 3.94. The van der Waals surface area contributed by atoms with E-state index in [4.69, 9.17) is 22.1 Å². The van der Waals surface area contributed by atoms with E-state index in [1.54, 1.807) is 7.11 Å². The van der Waals surface area contributed by atoms with E-state index in [1.165, 1.54) is 11.1 Å². The largest absolute Gasteiger partial charge is 0.495 e. The lowest BCUT2D eigenvalue weighted by atomic mass is 9.86. The normalized spacial score (nSPS) is 19.3. The first-order valence-electron chi connectivity index (χ1n) is 5.62. The quantitative estimate of drug-likeness (QED) is 0.880. The maximum absolute atomic E-state index is 6.40. The van der Waals surface area contributed by atoms with Gasteiger partial charge >= 0.3 is 0 Å². The summed E-state index contributed by atoms with van der Waals surface area (Å²) in [6.45, 7) is 4.14. The van der Waals surface area contributed by atoms with Crippen molar-refractivity contribution < 1.29 is 4.74 Å². The summed E-state index contributed by atoms with van der Waals surface area (Å²) < 4.78 is 5.27. The van der Waals surface area contributed by atoms with Gasteiger partial charge in [-0.05, 0) is 43.9 Å². The van der Waals surface area contributed by atoms with E-state index in [-0.39, 0.29) is 11.5 Å². The van der Waals surface area contributed by atoms with Crippen LogP contribution < -0.4 is 10.5 Å². The maximum atomic E-state index is 6.40. The summed E-state index contributed by atoms with van der Waals surface area (Å²) in [5, 5.41) is 0.734. The van der Waals surface area contributed by atoms with Crippen molar-refractivity contribution in [3.8, 4) is 5.75 Å². The average molecular weight is 240 g/mol. The molecule has 2 nitrogen and oxygen atoms in total. The predicted octanol–water partition coefficient (Wildman–Crippen LogP) is 3.04. The van der Waals surface area contributed by atoms with Gasteiger partial charge in [0.15, 0.2) is 0 Å². The van der Waals surface area contributed by atoms with Crippen molar-refractivity contribution in [3.05, 3.63) is 28.3 Å². The summed E-state index contributed by atoms with van der Waals surface area (Å²) in [6.07, 6.45) is 2.25. The van der Waals surface area contributed by atoms with Gasteiger partial charge in [-0.2, -0.15) is 0 Å². The van der Waals surface area contributed by atoms with Crippen LogP contribution in [0.15, 0.2) is 12.1 Å². The third kappa shape index (κ3) is 1.61. The minimum Gasteiger partial charge on any atom is -0.495 e. The zero-order chi connectivity index (χ0) is 11.9. The van der Waals surface area contributed by atoms with Crippen LogP contribution in [-0.4, -0.2) is 13.2 Å². The number of halogens is 1. The second-order valence-corrected chi connectivity index (χ2v) is 5.10. The highest BCUT2D eigenvalue weighted by Crippen LogP contribution is 2.54. The molecule has 2 rings (SSSR count). The van der Waals surface area contributed by atoms with Crippen molar-refractivity contribution in [2.75, 3.05) is 7.11 Å². The fraction of sp³-hybridized carbons (Fsp3) is 0.538. The van der Waals surface area contributed by atoms with Gasteiger partial charge in [0.25, 0.3) is 0 Å². The highest BCUT2D eigenvalue weighted by Gasteiger charge is 2.49. The molecule has 1 saturated carbocycles. The van der Waals surface area contributed by atoms with Crippen LogP contribution in [0.1, 0.15) is 30.9 Å². The molecule has 88 valence electrons. The maximum Gasteiger partial charge on any atom is 0.137 e. The van der Waals surface area contributed by atoms with Crippen LogP contribution in [0.2, 0.25) is 5.02 Å². The summed E-state index contributed by atoms with van der Waals surface area (Å²) >= 11 is 6.40. The summed E-state index contributed by atoms with van der Waals surface area (Å²) in [5.41, 5.74) is 8.57. The van der Waals surface area contributed by atoms with Gasteiger partial charge in [0.2, 0.25) is 0 Å². The monoisotopic (exact) mass is 239 g/mol. The Morgan fingerprint density at radius 1 is 1.44 bits per heavy atom. The number of benzene rings is 1. The standard InChI is InChI=1S/C13H18ClNO/c1-8-4-5-10(16-3)12(14)11(8)13(6-7-13)9(2)15/h4-5,9H,6-7,15H2,1-3H3. The Bertz CT molecular complexity index is 411. The van der Waals surface area contributed by atoms with Crippen LogP contribution in [0.25, 0.3) is 0 Å². The molecule has 2 N–H and O–H groups in total. The third-order valence-corrected chi connectivity index (χ3v) is 4.07. The van der Waals surface area contributed by atoms with Gasteiger partial charge in [0, 0.05) is 11.5 Å². The molecule has 1 unspecified atom stereocenters. The lowest BCUT2D eigenvalue weighted by molar-refractivity contribution is 0.413. The first-order chi connectivity index (χ1) is 7.53. The Hall–Kier alpha value is -0.730. The molecule has 0 heterocycles. The number of ether oxygens (including phenoxy) is 1. The molecule has 0 aromatic heterocycles. The van der Waals surface area contributed by atoms with Crippen LogP contribution in [-0.2, 0) is 5.41 Å². The molecule has 1 aliphatic rings. The van der Waals surface area contributed by atoms with Crippen molar-refractivity contribution in [1.82, 2.24) is 0 Å². The topological polar surface area (TPSA) is 35.2 Å². The van der Waals surface area contributed by atoms with E-state index < -0.39 is 0 Å². The van der Waals surface area contributed by atoms with Crippen LogP contribution in [0, 0.1) is 6.92 Å². The molecule has 1 fully saturated rings. The van der Waals surface area contributed by atoms with Gasteiger partial charge in [-0.1, -0.05) is 17.7 Å². The van der Waals surface area contributed by atoms with Gasteiger partial charge in [0.1, 0.15) is 5.75 Å². The molecule has 0 spiro atoms. The number of hydrogen-bond donors (Lipinski definition) is 1. The molecular weight excluding hydrogens is 222 g/mol. The second-order valence-electron chi connectivity index (χ2n) is 4.72. The Kier molecular flexibility index (Phi) is 2.89. The van der Waals surface area contributed by atoms with Crippen molar-refractivity contribution in [2.24, 2.45) is 5.73 Å². The fourth-order valence-electron chi connectivity index (χ4n) is 2.49. The van der Waals surface area contributed by atoms with Gasteiger partial charge < -0.3 is 10.5 Å². The highest BCUT2D eigenvalue weighted by molar-refractivity contribution is 6.33. The Balaban J connectivity index is 2.56. The Morgan fingerprint density at radius 2 is 2.06 bits per heavy atom. The zero-order valence-electron chi connectivity index (χ0n) is 10.0. The van der Waals surface area contributed by atoms with Crippen LogP contribution >= 0.6 is 11.6 Å². The van der Waals surface area contributed by atoms with Gasteiger partial charge in [-0.15, -0.1) is 0 Å². The summed E-state index contributed by atoms with van der Waals surface area (Å²) in [7, 11) is 1.64. The van der Waals surface area contributed by atoms with E-state index in [2.05, 4.69) is 19.9 Å². The van der Waals surface area contributed by atoms with Gasteiger partial charge in [-0.25, -0.2) is 0 Å². The van der Waals surface area contributed by atoms with E-state index in [1.807, 2.05) is 6.07 Å². The first kappa shape index (κ1) is 11.7. The Labute approximate surface area is 102 Å². The van der Waals surface area contributed by atoms with Crippen molar-refractivity contribution in [2.45, 2.75) is 38.1 Å². The Morgan fingerprint density at radius 3 is 2.50 bits per heavy atom. The molecule has 0 bridgehead atoms. The molecule has 0 amide bonds. The minimum atomic E-state index is 0.0791. The predicted molar refractivity (Wildman–Crippen MR) is 67.3 cm³/mol. The number of rotatable bonds is 3. The fourth-order valence-corrected chi connectivity index (χ4v) is 2.97. The lowest BCUT2D eigenvalue weighted by Gasteiger charge is -2.24. The third-order valence-electron chi connectivity index (χ3n) is 3.69. The van der Waals surface area contributed by atoms with Crippen LogP contribution in [0.4, 0.5) is 0 Å². The van der Waals surface area contributed by atoms with Gasteiger partial charge in [-0.3, -0.25) is 0 Å². The smallest absolute Gasteiger partial charge is 0.137 e. The highest BCUT2D eigenvalue weighted by atomic mass is 35.5. The average Bonchev–Trinajstić information content (AvgIpc) is 2.99. The SMILES string of the molecule is COc1ccc(C)c(C2(C(C)N)CC2)c1Cl. The molecule has 3 heteroatoms.